The number of rotatable bonds is 4. The standard InChI is InChI=1S/C21H17ClN2O2S2/c1-14-13-24(21(23-14)17-8-3-4-9-18(17)22)20-11-10-19(27-20)15-6-5-7-16(12-15)28(2,25)26/h3-13H,1-2H3. The number of imidazole rings is 1. The van der Waals surface area contributed by atoms with Gasteiger partial charge in [0.05, 0.1) is 15.6 Å². The van der Waals surface area contributed by atoms with Crippen LogP contribution in [-0.4, -0.2) is 24.2 Å². The number of thiophene rings is 1. The van der Waals surface area contributed by atoms with Crippen molar-refractivity contribution in [3.05, 3.63) is 77.6 Å². The van der Waals surface area contributed by atoms with Crippen LogP contribution in [0, 0.1) is 6.92 Å². The second kappa shape index (κ2) is 7.20. The van der Waals surface area contributed by atoms with Gasteiger partial charge in [-0.15, -0.1) is 11.3 Å². The van der Waals surface area contributed by atoms with Gasteiger partial charge in [-0.05, 0) is 48.9 Å². The highest BCUT2D eigenvalue weighted by Crippen LogP contribution is 2.35. The van der Waals surface area contributed by atoms with Crippen molar-refractivity contribution in [1.82, 2.24) is 9.55 Å². The molecule has 0 aliphatic rings. The van der Waals surface area contributed by atoms with Crippen LogP contribution in [0.15, 0.2) is 71.8 Å². The summed E-state index contributed by atoms with van der Waals surface area (Å²) in [7, 11) is -3.25. The predicted octanol–water partition coefficient (Wildman–Crippen LogP) is 5.63. The van der Waals surface area contributed by atoms with Crippen molar-refractivity contribution < 1.29 is 8.42 Å². The average molecular weight is 429 g/mol. The fourth-order valence-corrected chi connectivity index (χ4v) is 4.86. The highest BCUT2D eigenvalue weighted by Gasteiger charge is 2.15. The van der Waals surface area contributed by atoms with Gasteiger partial charge >= 0.3 is 0 Å². The lowest BCUT2D eigenvalue weighted by atomic mass is 10.2. The maximum Gasteiger partial charge on any atom is 0.175 e. The summed E-state index contributed by atoms with van der Waals surface area (Å²) < 4.78 is 25.7. The zero-order valence-electron chi connectivity index (χ0n) is 15.3. The maximum atomic E-state index is 11.9. The molecule has 4 aromatic rings. The Hall–Kier alpha value is -2.41. The van der Waals surface area contributed by atoms with Crippen molar-refractivity contribution in [2.24, 2.45) is 0 Å². The van der Waals surface area contributed by atoms with E-state index in [9.17, 15) is 8.42 Å². The molecule has 0 atom stereocenters. The SMILES string of the molecule is Cc1cn(-c2ccc(-c3cccc(S(C)(=O)=O)c3)s2)c(-c2ccccc2Cl)n1. The van der Waals surface area contributed by atoms with E-state index in [1.54, 1.807) is 29.5 Å². The first-order valence-corrected chi connectivity index (χ1v) is 11.6. The highest BCUT2D eigenvalue weighted by molar-refractivity contribution is 7.90. The minimum Gasteiger partial charge on any atom is -0.291 e. The third-order valence-corrected chi connectivity index (χ3v) is 6.89. The molecule has 4 nitrogen and oxygen atoms in total. The van der Waals surface area contributed by atoms with Gasteiger partial charge in [-0.1, -0.05) is 35.9 Å². The largest absolute Gasteiger partial charge is 0.291 e. The Balaban J connectivity index is 1.79. The van der Waals surface area contributed by atoms with Crippen LogP contribution >= 0.6 is 22.9 Å². The molecule has 0 saturated carbocycles. The van der Waals surface area contributed by atoms with Crippen molar-refractivity contribution in [3.63, 3.8) is 0 Å². The van der Waals surface area contributed by atoms with Gasteiger partial charge in [0.2, 0.25) is 0 Å². The fraction of sp³-hybridized carbons (Fsp3) is 0.0952. The summed E-state index contributed by atoms with van der Waals surface area (Å²) in [4.78, 5) is 5.95. The molecule has 0 aliphatic carbocycles. The number of halogens is 1. The van der Waals surface area contributed by atoms with Crippen molar-refractivity contribution in [3.8, 4) is 26.8 Å². The molecule has 7 heteroatoms. The average Bonchev–Trinajstić information content (AvgIpc) is 3.28. The molecule has 0 unspecified atom stereocenters. The first kappa shape index (κ1) is 18.9. The van der Waals surface area contributed by atoms with Gasteiger partial charge in [-0.25, -0.2) is 13.4 Å². The van der Waals surface area contributed by atoms with Gasteiger partial charge < -0.3 is 0 Å². The van der Waals surface area contributed by atoms with E-state index in [0.29, 0.717) is 9.92 Å². The normalized spacial score (nSPS) is 11.7. The Bertz CT molecular complexity index is 1270. The Morgan fingerprint density at radius 3 is 2.57 bits per heavy atom. The topological polar surface area (TPSA) is 52.0 Å². The van der Waals surface area contributed by atoms with E-state index in [0.717, 1.165) is 32.5 Å². The molecular formula is C21H17ClN2O2S2. The number of nitrogens with zero attached hydrogens (tertiary/aromatic N) is 2. The van der Waals surface area contributed by atoms with E-state index < -0.39 is 9.84 Å². The molecule has 0 amide bonds. The van der Waals surface area contributed by atoms with E-state index >= 15 is 0 Å². The summed E-state index contributed by atoms with van der Waals surface area (Å²) in [6, 6.07) is 18.6. The molecule has 2 aromatic heterocycles. The summed E-state index contributed by atoms with van der Waals surface area (Å²) in [5, 5.41) is 1.63. The van der Waals surface area contributed by atoms with Gasteiger partial charge in [0.25, 0.3) is 0 Å². The summed E-state index contributed by atoms with van der Waals surface area (Å²) >= 11 is 7.95. The lowest BCUT2D eigenvalue weighted by Crippen LogP contribution is -1.96. The van der Waals surface area contributed by atoms with Crippen LogP contribution in [0.25, 0.3) is 26.8 Å². The molecule has 28 heavy (non-hydrogen) atoms. The zero-order valence-corrected chi connectivity index (χ0v) is 17.6. The number of hydrogen-bond acceptors (Lipinski definition) is 4. The quantitative estimate of drug-likeness (QED) is 0.423. The Kier molecular flexibility index (Phi) is 4.87. The second-order valence-electron chi connectivity index (χ2n) is 6.49. The molecule has 2 aromatic carbocycles. The minimum absolute atomic E-state index is 0.315. The van der Waals surface area contributed by atoms with Crippen molar-refractivity contribution in [2.45, 2.75) is 11.8 Å². The lowest BCUT2D eigenvalue weighted by molar-refractivity contribution is 0.602. The summed E-state index contributed by atoms with van der Waals surface area (Å²) in [6.07, 6.45) is 3.19. The number of sulfone groups is 1. The highest BCUT2D eigenvalue weighted by atomic mass is 35.5. The third-order valence-electron chi connectivity index (χ3n) is 4.32. The van der Waals surface area contributed by atoms with Gasteiger partial charge in [0.15, 0.2) is 9.84 Å². The zero-order chi connectivity index (χ0) is 19.9. The third kappa shape index (κ3) is 3.63. The molecule has 2 heterocycles. The molecule has 0 spiro atoms. The molecule has 0 aliphatic heterocycles. The van der Waals surface area contributed by atoms with Gasteiger partial charge in [-0.2, -0.15) is 0 Å². The van der Waals surface area contributed by atoms with Gasteiger partial charge in [-0.3, -0.25) is 4.57 Å². The van der Waals surface area contributed by atoms with Crippen molar-refractivity contribution >= 4 is 32.8 Å². The van der Waals surface area contributed by atoms with Crippen LogP contribution in [0.3, 0.4) is 0 Å². The Labute approximate surface area is 173 Å². The summed E-state index contributed by atoms with van der Waals surface area (Å²) in [5.41, 5.74) is 2.63. The van der Waals surface area contributed by atoms with Crippen LogP contribution in [0.4, 0.5) is 0 Å². The molecule has 0 radical (unpaired) electrons. The van der Waals surface area contributed by atoms with Crippen LogP contribution in [0.5, 0.6) is 0 Å². The van der Waals surface area contributed by atoms with Crippen LogP contribution in [0.1, 0.15) is 5.69 Å². The van der Waals surface area contributed by atoms with Crippen LogP contribution in [0.2, 0.25) is 5.02 Å². The molecule has 0 fully saturated rings. The summed E-state index contributed by atoms with van der Waals surface area (Å²) in [5.74, 6) is 0.779. The first-order chi connectivity index (χ1) is 13.3. The Morgan fingerprint density at radius 2 is 1.82 bits per heavy atom. The minimum atomic E-state index is -3.25. The lowest BCUT2D eigenvalue weighted by Gasteiger charge is -2.07. The monoisotopic (exact) mass is 428 g/mol. The van der Waals surface area contributed by atoms with E-state index in [1.165, 1.54) is 6.26 Å². The van der Waals surface area contributed by atoms with E-state index in [-0.39, 0.29) is 0 Å². The smallest absolute Gasteiger partial charge is 0.175 e. The van der Waals surface area contributed by atoms with Crippen molar-refractivity contribution in [2.75, 3.05) is 6.26 Å². The van der Waals surface area contributed by atoms with Crippen LogP contribution in [-0.2, 0) is 9.84 Å². The molecule has 0 bridgehead atoms. The second-order valence-corrected chi connectivity index (χ2v) is 9.98. The molecule has 4 rings (SSSR count). The van der Waals surface area contributed by atoms with Gasteiger partial charge in [0, 0.05) is 22.9 Å². The molecule has 142 valence electrons. The van der Waals surface area contributed by atoms with Crippen LogP contribution < -0.4 is 0 Å². The maximum absolute atomic E-state index is 11.9. The van der Waals surface area contributed by atoms with Crippen molar-refractivity contribution in [1.29, 1.82) is 0 Å². The number of hydrogen-bond donors (Lipinski definition) is 0. The number of aromatic nitrogens is 2. The van der Waals surface area contributed by atoms with E-state index in [4.69, 9.17) is 11.6 Å². The Morgan fingerprint density at radius 1 is 1.04 bits per heavy atom. The number of benzene rings is 2. The predicted molar refractivity (Wildman–Crippen MR) is 115 cm³/mol. The van der Waals surface area contributed by atoms with E-state index in [1.807, 2.05) is 60.2 Å². The van der Waals surface area contributed by atoms with Gasteiger partial charge in [0.1, 0.15) is 10.8 Å². The fourth-order valence-electron chi connectivity index (χ4n) is 2.99. The first-order valence-electron chi connectivity index (χ1n) is 8.54. The number of aryl methyl sites for hydroxylation is 1. The summed E-state index contributed by atoms with van der Waals surface area (Å²) in [6.45, 7) is 1.95. The van der Waals surface area contributed by atoms with E-state index in [2.05, 4.69) is 4.98 Å². The molecule has 0 saturated heterocycles. The molecule has 0 N–H and O–H groups in total. The molecular weight excluding hydrogens is 412 g/mol.